The van der Waals surface area contributed by atoms with Gasteiger partial charge in [0.2, 0.25) is 0 Å². The van der Waals surface area contributed by atoms with Gasteiger partial charge in [0.15, 0.2) is 0 Å². The molecule has 10 aromatic carbocycles. The van der Waals surface area contributed by atoms with E-state index in [0.29, 0.717) is 0 Å². The molecule has 318 valence electrons. The van der Waals surface area contributed by atoms with Gasteiger partial charge in [-0.05, 0) is 125 Å². The molecule has 0 aliphatic heterocycles. The Morgan fingerprint density at radius 3 is 1.44 bits per heavy atom. The van der Waals surface area contributed by atoms with Crippen LogP contribution in [-0.2, 0) is 5.41 Å². The summed E-state index contributed by atoms with van der Waals surface area (Å²) in [4.78, 5) is 6.34. The number of hydrogen-bond acceptors (Lipinski definition) is 5. The molecule has 3 heterocycles. The van der Waals surface area contributed by atoms with E-state index >= 15 is 0 Å². The van der Waals surface area contributed by atoms with Crippen LogP contribution >= 0.6 is 34.0 Å². The molecule has 2 nitrogen and oxygen atoms in total. The minimum absolute atomic E-state index is 0.531. The summed E-state index contributed by atoms with van der Waals surface area (Å²) in [5.41, 5.74) is 15.5. The summed E-state index contributed by atoms with van der Waals surface area (Å²) in [5, 5.41) is 6.49. The molecule has 0 saturated carbocycles. The van der Waals surface area contributed by atoms with E-state index in [4.69, 9.17) is 0 Å². The van der Waals surface area contributed by atoms with Crippen LogP contribution < -0.4 is 9.80 Å². The fraction of sp³-hybridized carbons (Fsp3) is 0.0159. The van der Waals surface area contributed by atoms with E-state index < -0.39 is 5.41 Å². The van der Waals surface area contributed by atoms with Crippen molar-refractivity contribution in [3.63, 3.8) is 0 Å². The Bertz CT molecular complexity index is 4180. The quantitative estimate of drug-likeness (QED) is 0.164. The molecular weight excluding hydrogens is 881 g/mol. The van der Waals surface area contributed by atoms with Crippen molar-refractivity contribution in [3.8, 4) is 22.3 Å². The van der Waals surface area contributed by atoms with Crippen LogP contribution in [0.1, 0.15) is 21.6 Å². The van der Waals surface area contributed by atoms with Crippen molar-refractivity contribution in [1.29, 1.82) is 0 Å². The highest BCUT2D eigenvalue weighted by Crippen LogP contribution is 2.68. The molecule has 0 N–H and O–H groups in total. The van der Waals surface area contributed by atoms with E-state index in [0.717, 1.165) is 28.4 Å². The summed E-state index contributed by atoms with van der Waals surface area (Å²) in [7, 11) is 0. The summed E-state index contributed by atoms with van der Waals surface area (Å²) in [5.74, 6) is 0. The average Bonchev–Trinajstić information content (AvgIpc) is 4.20. The van der Waals surface area contributed by atoms with Gasteiger partial charge in [-0.15, -0.1) is 34.0 Å². The maximum atomic E-state index is 2.50. The lowest BCUT2D eigenvalue weighted by atomic mass is 9.74. The van der Waals surface area contributed by atoms with Crippen molar-refractivity contribution >= 4 is 119 Å². The molecule has 5 heteroatoms. The molecule has 0 saturated heterocycles. The number of para-hydroxylation sites is 2. The maximum Gasteiger partial charge on any atom is 0.0820 e. The Balaban J connectivity index is 0.985. The monoisotopic (exact) mass is 918 g/mol. The third-order valence-corrected chi connectivity index (χ3v) is 18.0. The first-order chi connectivity index (χ1) is 33.7. The third-order valence-electron chi connectivity index (χ3n) is 14.4. The lowest BCUT2D eigenvalue weighted by Crippen LogP contribution is -2.25. The Morgan fingerprint density at radius 2 is 0.765 bits per heavy atom. The molecule has 2 aliphatic carbocycles. The lowest BCUT2D eigenvalue weighted by Gasteiger charge is -2.31. The first-order valence-electron chi connectivity index (χ1n) is 23.2. The predicted octanol–water partition coefficient (Wildman–Crippen LogP) is 18.9. The highest BCUT2D eigenvalue weighted by molar-refractivity contribution is 7.26. The van der Waals surface area contributed by atoms with Gasteiger partial charge in [0.25, 0.3) is 0 Å². The summed E-state index contributed by atoms with van der Waals surface area (Å²) in [6.45, 7) is 0. The summed E-state index contributed by atoms with van der Waals surface area (Å²) in [6.07, 6.45) is 0. The summed E-state index contributed by atoms with van der Waals surface area (Å²) in [6, 6.07) is 86.1. The molecule has 2 aliphatic rings. The molecular formula is C63H38N2S3. The highest BCUT2D eigenvalue weighted by atomic mass is 32.1. The van der Waals surface area contributed by atoms with Crippen molar-refractivity contribution in [2.24, 2.45) is 0 Å². The zero-order chi connectivity index (χ0) is 44.5. The first kappa shape index (κ1) is 38.3. The van der Waals surface area contributed by atoms with Gasteiger partial charge in [-0.1, -0.05) is 133 Å². The maximum absolute atomic E-state index is 2.50. The van der Waals surface area contributed by atoms with Crippen LogP contribution in [0.2, 0.25) is 0 Å². The van der Waals surface area contributed by atoms with E-state index in [2.05, 4.69) is 240 Å². The SMILES string of the molecule is c1ccc(N(c2ccc3c(c2)-c2c(sc4ccccc24)C32c3ccccc3-c3c(N(c4ccccc4)c4ccc5sc6ccccc6c5c4)cccc32)c2ccc3sc4ccccc4c3c2)cc1. The van der Waals surface area contributed by atoms with Gasteiger partial charge < -0.3 is 9.80 Å². The second-order valence-electron chi connectivity index (χ2n) is 17.9. The second-order valence-corrected chi connectivity index (χ2v) is 21.1. The summed E-state index contributed by atoms with van der Waals surface area (Å²) < 4.78 is 6.55. The third kappa shape index (κ3) is 5.32. The zero-order valence-corrected chi connectivity index (χ0v) is 39.0. The molecule has 68 heavy (non-hydrogen) atoms. The lowest BCUT2D eigenvalue weighted by molar-refractivity contribution is 0.811. The molecule has 13 aromatic rings. The number of hydrogen-bond donors (Lipinski definition) is 0. The number of nitrogens with zero attached hydrogens (tertiary/aromatic N) is 2. The smallest absolute Gasteiger partial charge is 0.0820 e. The Kier molecular flexibility index (Phi) is 8.23. The average molecular weight is 919 g/mol. The number of benzene rings is 10. The molecule has 0 amide bonds. The summed E-state index contributed by atoms with van der Waals surface area (Å²) >= 11 is 5.69. The molecule has 1 spiro atoms. The topological polar surface area (TPSA) is 6.48 Å². The molecule has 0 bridgehead atoms. The van der Waals surface area contributed by atoms with E-state index in [1.165, 1.54) is 99.9 Å². The highest BCUT2D eigenvalue weighted by Gasteiger charge is 2.54. The molecule has 0 radical (unpaired) electrons. The largest absolute Gasteiger partial charge is 0.310 e. The Hall–Kier alpha value is -7.80. The molecule has 3 aromatic heterocycles. The van der Waals surface area contributed by atoms with Crippen LogP contribution in [0.4, 0.5) is 34.1 Å². The minimum Gasteiger partial charge on any atom is -0.310 e. The number of thiophene rings is 3. The van der Waals surface area contributed by atoms with Crippen LogP contribution in [0, 0.1) is 0 Å². The van der Waals surface area contributed by atoms with Gasteiger partial charge in [-0.3, -0.25) is 0 Å². The fourth-order valence-electron chi connectivity index (χ4n) is 11.7. The van der Waals surface area contributed by atoms with Gasteiger partial charge in [-0.2, -0.15) is 0 Å². The fourth-order valence-corrected chi connectivity index (χ4v) is 15.3. The number of rotatable bonds is 6. The van der Waals surface area contributed by atoms with E-state index in [9.17, 15) is 0 Å². The van der Waals surface area contributed by atoms with Crippen LogP contribution in [0.3, 0.4) is 0 Å². The van der Waals surface area contributed by atoms with Gasteiger partial charge in [0, 0.05) is 94.9 Å². The van der Waals surface area contributed by atoms with Crippen LogP contribution in [0.5, 0.6) is 0 Å². The number of fused-ring (bicyclic) bond motifs is 18. The number of anilines is 6. The van der Waals surface area contributed by atoms with Crippen LogP contribution in [0.15, 0.2) is 231 Å². The Morgan fingerprint density at radius 1 is 0.279 bits per heavy atom. The van der Waals surface area contributed by atoms with Crippen molar-refractivity contribution < 1.29 is 0 Å². The van der Waals surface area contributed by atoms with Crippen LogP contribution in [-0.4, -0.2) is 0 Å². The van der Waals surface area contributed by atoms with E-state index in [-0.39, 0.29) is 0 Å². The predicted molar refractivity (Wildman–Crippen MR) is 293 cm³/mol. The van der Waals surface area contributed by atoms with Crippen molar-refractivity contribution in [3.05, 3.63) is 252 Å². The first-order valence-corrected chi connectivity index (χ1v) is 25.6. The van der Waals surface area contributed by atoms with E-state index in [1.807, 2.05) is 34.0 Å². The second kappa shape index (κ2) is 14.6. The van der Waals surface area contributed by atoms with Crippen molar-refractivity contribution in [2.75, 3.05) is 9.80 Å². The zero-order valence-electron chi connectivity index (χ0n) is 36.6. The molecule has 15 rings (SSSR count). The van der Waals surface area contributed by atoms with Crippen molar-refractivity contribution in [2.45, 2.75) is 5.41 Å². The minimum atomic E-state index is -0.531. The Labute approximate surface area is 405 Å². The molecule has 0 fully saturated rings. The van der Waals surface area contributed by atoms with Gasteiger partial charge in [0.1, 0.15) is 0 Å². The standard InChI is InChI=1S/C63H38N2S3/c1-3-16-39(17-4-1)64(42-31-34-58-48(36-42)44-20-8-12-27-55(44)66-58)41-30-33-52-50(38-41)60-47-23-10-14-29-57(47)68-62(60)63(52)51-24-11-7-22-46(51)61-53(63)25-15-26-54(61)65(40-18-5-2-6-19-40)43-32-35-59-49(37-43)45-21-9-13-28-56(45)67-59/h1-38H. The molecule has 1 atom stereocenters. The van der Waals surface area contributed by atoms with Gasteiger partial charge in [0.05, 0.1) is 11.1 Å². The van der Waals surface area contributed by atoms with Gasteiger partial charge >= 0.3 is 0 Å². The van der Waals surface area contributed by atoms with Gasteiger partial charge in [-0.25, -0.2) is 0 Å². The van der Waals surface area contributed by atoms with E-state index in [1.54, 1.807) is 0 Å². The van der Waals surface area contributed by atoms with Crippen molar-refractivity contribution in [1.82, 2.24) is 0 Å². The molecule has 1 unspecified atom stereocenters. The normalized spacial score (nSPS) is 14.5. The van der Waals surface area contributed by atoms with Crippen LogP contribution in [0.25, 0.3) is 72.7 Å².